The number of halogens is 1. The van der Waals surface area contributed by atoms with Gasteiger partial charge in [0.25, 0.3) is 0 Å². The van der Waals surface area contributed by atoms with E-state index in [9.17, 15) is 0 Å². The Morgan fingerprint density at radius 1 is 1.58 bits per heavy atom. The van der Waals surface area contributed by atoms with Crippen LogP contribution in [-0.2, 0) is 0 Å². The summed E-state index contributed by atoms with van der Waals surface area (Å²) < 4.78 is 0.935. The number of rotatable bonds is 1. The topological polar surface area (TPSA) is 12.4 Å². The summed E-state index contributed by atoms with van der Waals surface area (Å²) in [5.74, 6) is 0.569. The van der Waals surface area contributed by atoms with E-state index in [0.29, 0.717) is 5.92 Å². The van der Waals surface area contributed by atoms with E-state index >= 15 is 0 Å². The van der Waals surface area contributed by atoms with E-state index in [1.54, 1.807) is 0 Å². The fraction of sp³-hybridized carbons (Fsp3) is 0.300. The Kier molecular flexibility index (Phi) is 2.01. The molecule has 0 aromatic heterocycles. The molecule has 1 aliphatic heterocycles. The predicted molar refractivity (Wildman–Crippen MR) is 55.4 cm³/mol. The van der Waals surface area contributed by atoms with Gasteiger partial charge in [-0.1, -0.05) is 25.2 Å². The van der Waals surface area contributed by atoms with Crippen LogP contribution in [0.4, 0.5) is 0 Å². The SMILES string of the molecule is CCC1C=CC2=CC(Br)=NC2=C1. The Morgan fingerprint density at radius 3 is 3.17 bits per heavy atom. The van der Waals surface area contributed by atoms with Gasteiger partial charge >= 0.3 is 0 Å². The Bertz CT molecular complexity index is 321. The molecule has 1 heterocycles. The van der Waals surface area contributed by atoms with Crippen molar-refractivity contribution in [3.05, 3.63) is 35.6 Å². The second-order valence-electron chi connectivity index (χ2n) is 3.02. The minimum Gasteiger partial charge on any atom is -0.241 e. The molecule has 12 heavy (non-hydrogen) atoms. The molecule has 1 atom stereocenters. The first-order valence-corrected chi connectivity index (χ1v) is 4.95. The van der Waals surface area contributed by atoms with E-state index in [4.69, 9.17) is 0 Å². The quantitative estimate of drug-likeness (QED) is 0.648. The zero-order valence-corrected chi connectivity index (χ0v) is 8.51. The lowest BCUT2D eigenvalue weighted by Gasteiger charge is -2.10. The van der Waals surface area contributed by atoms with Crippen molar-refractivity contribution in [2.24, 2.45) is 10.9 Å². The first-order valence-electron chi connectivity index (χ1n) is 4.16. The summed E-state index contributed by atoms with van der Waals surface area (Å²) in [6.45, 7) is 2.19. The van der Waals surface area contributed by atoms with Crippen molar-refractivity contribution in [3.63, 3.8) is 0 Å². The molecule has 0 amide bonds. The van der Waals surface area contributed by atoms with E-state index in [2.05, 4.69) is 46.1 Å². The van der Waals surface area contributed by atoms with E-state index in [0.717, 1.165) is 16.7 Å². The summed E-state index contributed by atoms with van der Waals surface area (Å²) in [6, 6.07) is 0. The molecule has 0 aromatic rings. The van der Waals surface area contributed by atoms with Crippen molar-refractivity contribution in [2.75, 3.05) is 0 Å². The summed E-state index contributed by atoms with van der Waals surface area (Å²) in [7, 11) is 0. The lowest BCUT2D eigenvalue weighted by atomic mass is 9.96. The van der Waals surface area contributed by atoms with Crippen molar-refractivity contribution in [1.29, 1.82) is 0 Å². The summed E-state index contributed by atoms with van der Waals surface area (Å²) in [4.78, 5) is 4.36. The summed E-state index contributed by atoms with van der Waals surface area (Å²) in [5, 5.41) is 0. The summed E-state index contributed by atoms with van der Waals surface area (Å²) in [6.07, 6.45) is 9.81. The number of hydrogen-bond donors (Lipinski definition) is 0. The molecule has 0 radical (unpaired) electrons. The van der Waals surface area contributed by atoms with E-state index in [1.165, 1.54) is 5.57 Å². The molecular weight excluding hydrogens is 214 g/mol. The van der Waals surface area contributed by atoms with Crippen molar-refractivity contribution in [3.8, 4) is 0 Å². The highest BCUT2D eigenvalue weighted by Gasteiger charge is 2.15. The highest BCUT2D eigenvalue weighted by Crippen LogP contribution is 2.29. The molecule has 0 saturated carbocycles. The maximum Gasteiger partial charge on any atom is 0.107 e. The molecule has 2 aliphatic rings. The normalized spacial score (nSPS) is 26.2. The number of aliphatic imine (C=N–C) groups is 1. The van der Waals surface area contributed by atoms with Crippen molar-refractivity contribution in [1.82, 2.24) is 0 Å². The highest BCUT2D eigenvalue weighted by atomic mass is 79.9. The minimum atomic E-state index is 0.569. The number of allylic oxidation sites excluding steroid dienone is 4. The second kappa shape index (κ2) is 3.02. The van der Waals surface area contributed by atoms with Crippen LogP contribution < -0.4 is 0 Å². The molecule has 62 valence electrons. The average molecular weight is 224 g/mol. The summed E-state index contributed by atoms with van der Waals surface area (Å²) in [5.41, 5.74) is 2.35. The zero-order valence-electron chi connectivity index (χ0n) is 6.92. The maximum atomic E-state index is 4.36. The van der Waals surface area contributed by atoms with Crippen molar-refractivity contribution < 1.29 is 0 Å². The van der Waals surface area contributed by atoms with Gasteiger partial charge in [0, 0.05) is 5.57 Å². The molecular formula is C10H10BrN. The van der Waals surface area contributed by atoms with Crippen molar-refractivity contribution >= 4 is 20.6 Å². The fourth-order valence-electron chi connectivity index (χ4n) is 1.42. The first kappa shape index (κ1) is 7.99. The first-order chi connectivity index (χ1) is 5.79. The molecule has 0 spiro atoms. The van der Waals surface area contributed by atoms with Gasteiger partial charge in [-0.25, -0.2) is 4.99 Å². The molecule has 0 bridgehead atoms. The van der Waals surface area contributed by atoms with Crippen LogP contribution in [0.25, 0.3) is 0 Å². The molecule has 0 aromatic carbocycles. The lowest BCUT2D eigenvalue weighted by molar-refractivity contribution is 0.761. The lowest BCUT2D eigenvalue weighted by Crippen LogP contribution is -1.96. The van der Waals surface area contributed by atoms with E-state index in [1.807, 2.05) is 6.08 Å². The van der Waals surface area contributed by atoms with Crippen LogP contribution in [-0.4, -0.2) is 4.62 Å². The number of hydrogen-bond acceptors (Lipinski definition) is 1. The van der Waals surface area contributed by atoms with Gasteiger partial charge in [0.1, 0.15) is 4.62 Å². The van der Waals surface area contributed by atoms with Gasteiger partial charge in [-0.05, 0) is 34.3 Å². The van der Waals surface area contributed by atoms with Gasteiger partial charge in [-0.3, -0.25) is 0 Å². The average Bonchev–Trinajstić information content (AvgIpc) is 2.43. The number of nitrogens with zero attached hydrogens (tertiary/aromatic N) is 1. The third kappa shape index (κ3) is 1.31. The maximum absolute atomic E-state index is 4.36. The molecule has 0 saturated heterocycles. The molecule has 2 heteroatoms. The fourth-order valence-corrected chi connectivity index (χ4v) is 1.86. The van der Waals surface area contributed by atoms with Crippen LogP contribution >= 0.6 is 15.9 Å². The Hall–Kier alpha value is -0.630. The smallest absolute Gasteiger partial charge is 0.107 e. The second-order valence-corrected chi connectivity index (χ2v) is 3.83. The van der Waals surface area contributed by atoms with Crippen LogP contribution in [0.5, 0.6) is 0 Å². The molecule has 0 fully saturated rings. The largest absolute Gasteiger partial charge is 0.241 e. The Balaban J connectivity index is 2.32. The Labute approximate surface area is 80.7 Å². The highest BCUT2D eigenvalue weighted by molar-refractivity contribution is 9.18. The van der Waals surface area contributed by atoms with E-state index in [-0.39, 0.29) is 0 Å². The molecule has 1 unspecified atom stereocenters. The van der Waals surface area contributed by atoms with Crippen LogP contribution in [0.15, 0.2) is 40.6 Å². The predicted octanol–water partition coefficient (Wildman–Crippen LogP) is 3.20. The summed E-state index contributed by atoms with van der Waals surface area (Å²) >= 11 is 3.37. The molecule has 2 rings (SSSR count). The minimum absolute atomic E-state index is 0.569. The zero-order chi connectivity index (χ0) is 8.55. The van der Waals surface area contributed by atoms with Crippen molar-refractivity contribution in [2.45, 2.75) is 13.3 Å². The van der Waals surface area contributed by atoms with Gasteiger partial charge < -0.3 is 0 Å². The van der Waals surface area contributed by atoms with Crippen LogP contribution in [0, 0.1) is 5.92 Å². The standard InChI is InChI=1S/C10H10BrN/c1-2-7-3-4-8-6-10(11)12-9(8)5-7/h3-7H,2H2,1H3. The van der Waals surface area contributed by atoms with Gasteiger partial charge in [0.05, 0.1) is 5.70 Å². The monoisotopic (exact) mass is 223 g/mol. The van der Waals surface area contributed by atoms with Crippen LogP contribution in [0.3, 0.4) is 0 Å². The van der Waals surface area contributed by atoms with Crippen LogP contribution in [0.2, 0.25) is 0 Å². The van der Waals surface area contributed by atoms with Gasteiger partial charge in [-0.15, -0.1) is 0 Å². The van der Waals surface area contributed by atoms with Gasteiger partial charge in [-0.2, -0.15) is 0 Å². The van der Waals surface area contributed by atoms with Gasteiger partial charge in [0.2, 0.25) is 0 Å². The molecule has 1 aliphatic carbocycles. The number of fused-ring (bicyclic) bond motifs is 1. The van der Waals surface area contributed by atoms with Crippen LogP contribution in [0.1, 0.15) is 13.3 Å². The Morgan fingerprint density at radius 2 is 2.42 bits per heavy atom. The molecule has 1 nitrogen and oxygen atoms in total. The van der Waals surface area contributed by atoms with E-state index < -0.39 is 0 Å². The third-order valence-electron chi connectivity index (χ3n) is 2.16. The third-order valence-corrected chi connectivity index (χ3v) is 2.57. The van der Waals surface area contributed by atoms with Gasteiger partial charge in [0.15, 0.2) is 0 Å². The molecule has 0 N–H and O–H groups in total.